The maximum atomic E-state index is 11.0. The van der Waals surface area contributed by atoms with Gasteiger partial charge in [0.15, 0.2) is 0 Å². The normalized spacial score (nSPS) is 11.0. The van der Waals surface area contributed by atoms with Crippen LogP contribution in [-0.2, 0) is 16.6 Å². The molecule has 0 aliphatic carbocycles. The molecule has 1 aromatic rings. The fourth-order valence-corrected chi connectivity index (χ4v) is 1.88. The van der Waals surface area contributed by atoms with Gasteiger partial charge in [-0.3, -0.25) is 0 Å². The monoisotopic (exact) mass is 265 g/mol. The van der Waals surface area contributed by atoms with E-state index < -0.39 is 6.09 Å². The van der Waals surface area contributed by atoms with Crippen molar-refractivity contribution in [1.29, 1.82) is 0 Å². The quantitative estimate of drug-likeness (QED) is 0.910. The molecule has 0 bridgehead atoms. The van der Waals surface area contributed by atoms with E-state index >= 15 is 0 Å². The first-order valence-corrected chi connectivity index (χ1v) is 6.37. The largest absolute Gasteiger partial charge is 0.496 e. The Balaban J connectivity index is 2.78. The van der Waals surface area contributed by atoms with Crippen molar-refractivity contribution in [2.45, 2.75) is 32.6 Å². The van der Waals surface area contributed by atoms with E-state index in [1.165, 1.54) is 18.2 Å². The van der Waals surface area contributed by atoms with Gasteiger partial charge >= 0.3 is 6.09 Å². The molecule has 0 aliphatic heterocycles. The predicted molar refractivity (Wildman–Crippen MR) is 75.8 cm³/mol. The third-order valence-electron chi connectivity index (χ3n) is 2.94. The van der Waals surface area contributed by atoms with E-state index in [-0.39, 0.29) is 5.41 Å². The van der Waals surface area contributed by atoms with Crippen molar-refractivity contribution in [2.75, 3.05) is 20.8 Å². The van der Waals surface area contributed by atoms with Crippen molar-refractivity contribution in [3.63, 3.8) is 0 Å². The van der Waals surface area contributed by atoms with E-state index in [0.29, 0.717) is 6.54 Å². The number of ether oxygens (including phenoxy) is 2. The maximum absolute atomic E-state index is 11.0. The standard InChI is InChI=1S/C15H23NO3/c1-15(2,3)12-10-11(6-7-13(12)18-4)8-9-16-14(17)19-5/h6-7,10H,8-9H2,1-5H3,(H,16,17). The molecular weight excluding hydrogens is 242 g/mol. The lowest BCUT2D eigenvalue weighted by atomic mass is 9.85. The van der Waals surface area contributed by atoms with Crippen LogP contribution in [0.2, 0.25) is 0 Å². The number of hydrogen-bond donors (Lipinski definition) is 1. The van der Waals surface area contributed by atoms with Gasteiger partial charge in [0.1, 0.15) is 5.75 Å². The Labute approximate surface area is 115 Å². The van der Waals surface area contributed by atoms with Gasteiger partial charge in [0, 0.05) is 6.54 Å². The Hall–Kier alpha value is -1.71. The third-order valence-corrected chi connectivity index (χ3v) is 2.94. The van der Waals surface area contributed by atoms with Crippen molar-refractivity contribution in [2.24, 2.45) is 0 Å². The van der Waals surface area contributed by atoms with Crippen LogP contribution in [-0.4, -0.2) is 26.9 Å². The minimum Gasteiger partial charge on any atom is -0.496 e. The summed E-state index contributed by atoms with van der Waals surface area (Å²) in [5, 5.41) is 2.68. The molecule has 106 valence electrons. The first-order chi connectivity index (χ1) is 8.88. The van der Waals surface area contributed by atoms with Crippen LogP contribution in [0, 0.1) is 0 Å². The highest BCUT2D eigenvalue weighted by molar-refractivity contribution is 5.66. The summed E-state index contributed by atoms with van der Waals surface area (Å²) in [7, 11) is 3.05. The van der Waals surface area contributed by atoms with E-state index in [4.69, 9.17) is 4.74 Å². The number of amides is 1. The Morgan fingerprint density at radius 1 is 1.26 bits per heavy atom. The zero-order chi connectivity index (χ0) is 14.5. The van der Waals surface area contributed by atoms with Crippen LogP contribution < -0.4 is 10.1 Å². The second-order valence-corrected chi connectivity index (χ2v) is 5.45. The second-order valence-electron chi connectivity index (χ2n) is 5.45. The molecule has 0 aliphatic rings. The first-order valence-electron chi connectivity index (χ1n) is 6.37. The van der Waals surface area contributed by atoms with Crippen LogP contribution >= 0.6 is 0 Å². The highest BCUT2D eigenvalue weighted by Gasteiger charge is 2.19. The summed E-state index contributed by atoms with van der Waals surface area (Å²) in [5.41, 5.74) is 2.37. The summed E-state index contributed by atoms with van der Waals surface area (Å²) in [4.78, 5) is 11.0. The summed E-state index contributed by atoms with van der Waals surface area (Å²) < 4.78 is 9.93. The fraction of sp³-hybridized carbons (Fsp3) is 0.533. The summed E-state index contributed by atoms with van der Waals surface area (Å²) in [6, 6.07) is 6.14. The average Bonchev–Trinajstić information content (AvgIpc) is 2.37. The number of methoxy groups -OCH3 is 2. The molecule has 4 heteroatoms. The highest BCUT2D eigenvalue weighted by Crippen LogP contribution is 2.32. The Morgan fingerprint density at radius 2 is 1.95 bits per heavy atom. The Morgan fingerprint density at radius 3 is 2.47 bits per heavy atom. The first kappa shape index (κ1) is 15.3. The molecule has 1 amide bonds. The van der Waals surface area contributed by atoms with E-state index in [1.54, 1.807) is 7.11 Å². The van der Waals surface area contributed by atoms with Crippen LogP contribution in [0.3, 0.4) is 0 Å². The average molecular weight is 265 g/mol. The zero-order valence-corrected chi connectivity index (χ0v) is 12.4. The van der Waals surface area contributed by atoms with E-state index in [1.807, 2.05) is 12.1 Å². The van der Waals surface area contributed by atoms with Gasteiger partial charge in [-0.2, -0.15) is 0 Å². The minimum atomic E-state index is -0.399. The van der Waals surface area contributed by atoms with Crippen molar-refractivity contribution < 1.29 is 14.3 Å². The molecule has 0 saturated heterocycles. The Bertz CT molecular complexity index is 436. The van der Waals surface area contributed by atoms with Crippen LogP contribution in [0.5, 0.6) is 5.75 Å². The maximum Gasteiger partial charge on any atom is 0.406 e. The molecule has 0 radical (unpaired) electrons. The number of alkyl carbamates (subject to hydrolysis) is 1. The topological polar surface area (TPSA) is 47.6 Å². The zero-order valence-electron chi connectivity index (χ0n) is 12.4. The number of rotatable bonds is 4. The minimum absolute atomic E-state index is 0.0249. The number of nitrogens with one attached hydrogen (secondary N) is 1. The van der Waals surface area contributed by atoms with Crippen molar-refractivity contribution in [1.82, 2.24) is 5.32 Å². The molecule has 1 rings (SSSR count). The van der Waals surface area contributed by atoms with E-state index in [0.717, 1.165) is 12.2 Å². The number of hydrogen-bond acceptors (Lipinski definition) is 3. The molecule has 0 heterocycles. The molecule has 4 nitrogen and oxygen atoms in total. The smallest absolute Gasteiger partial charge is 0.406 e. The molecule has 0 fully saturated rings. The van der Waals surface area contributed by atoms with E-state index in [2.05, 4.69) is 36.9 Å². The van der Waals surface area contributed by atoms with Gasteiger partial charge in [0.2, 0.25) is 0 Å². The molecule has 1 N–H and O–H groups in total. The van der Waals surface area contributed by atoms with Crippen LogP contribution in [0.4, 0.5) is 4.79 Å². The van der Waals surface area contributed by atoms with Gasteiger partial charge in [-0.25, -0.2) is 4.79 Å². The molecular formula is C15H23NO3. The van der Waals surface area contributed by atoms with Crippen molar-refractivity contribution in [3.05, 3.63) is 29.3 Å². The molecule has 0 atom stereocenters. The molecule has 0 unspecified atom stereocenters. The van der Waals surface area contributed by atoms with Gasteiger partial charge in [0.05, 0.1) is 14.2 Å². The number of benzene rings is 1. The summed E-state index contributed by atoms with van der Waals surface area (Å²) in [5.74, 6) is 0.900. The molecule has 0 aromatic heterocycles. The third kappa shape index (κ3) is 4.47. The van der Waals surface area contributed by atoms with Gasteiger partial charge < -0.3 is 14.8 Å². The highest BCUT2D eigenvalue weighted by atomic mass is 16.5. The van der Waals surface area contributed by atoms with E-state index in [9.17, 15) is 4.79 Å². The van der Waals surface area contributed by atoms with Crippen molar-refractivity contribution in [3.8, 4) is 5.75 Å². The van der Waals surface area contributed by atoms with Gasteiger partial charge in [-0.1, -0.05) is 32.9 Å². The molecule has 1 aromatic carbocycles. The fourth-order valence-electron chi connectivity index (χ4n) is 1.88. The van der Waals surface area contributed by atoms with Crippen LogP contribution in [0.1, 0.15) is 31.9 Å². The summed E-state index contributed by atoms with van der Waals surface area (Å²) in [6.45, 7) is 7.02. The Kier molecular flexibility index (Phi) is 5.21. The van der Waals surface area contributed by atoms with Crippen LogP contribution in [0.15, 0.2) is 18.2 Å². The lowest BCUT2D eigenvalue weighted by molar-refractivity contribution is 0.171. The SMILES string of the molecule is COC(=O)NCCc1ccc(OC)c(C(C)(C)C)c1. The summed E-state index contributed by atoms with van der Waals surface area (Å²) >= 11 is 0. The van der Waals surface area contributed by atoms with Gasteiger partial charge in [-0.15, -0.1) is 0 Å². The van der Waals surface area contributed by atoms with Crippen molar-refractivity contribution >= 4 is 6.09 Å². The summed E-state index contributed by atoms with van der Waals surface area (Å²) in [6.07, 6.45) is 0.367. The van der Waals surface area contributed by atoms with Gasteiger partial charge in [-0.05, 0) is 29.0 Å². The molecule has 0 spiro atoms. The predicted octanol–water partition coefficient (Wildman–Crippen LogP) is 2.89. The van der Waals surface area contributed by atoms with Crippen LogP contribution in [0.25, 0.3) is 0 Å². The van der Waals surface area contributed by atoms with Gasteiger partial charge in [0.25, 0.3) is 0 Å². The molecule has 19 heavy (non-hydrogen) atoms. The lowest BCUT2D eigenvalue weighted by Gasteiger charge is -2.23. The lowest BCUT2D eigenvalue weighted by Crippen LogP contribution is -2.25. The molecule has 0 saturated carbocycles. The number of carbonyl (C=O) groups excluding carboxylic acids is 1. The second kappa shape index (κ2) is 6.45. The number of carbonyl (C=O) groups is 1.